The van der Waals surface area contributed by atoms with Crippen LogP contribution in [-0.2, 0) is 12.8 Å². The van der Waals surface area contributed by atoms with Crippen molar-refractivity contribution >= 4 is 0 Å². The lowest BCUT2D eigenvalue weighted by Gasteiger charge is -2.15. The highest BCUT2D eigenvalue weighted by molar-refractivity contribution is 5.35. The summed E-state index contributed by atoms with van der Waals surface area (Å²) >= 11 is 0. The van der Waals surface area contributed by atoms with E-state index in [2.05, 4.69) is 36.9 Å². The van der Waals surface area contributed by atoms with Crippen molar-refractivity contribution in [2.75, 3.05) is 26.2 Å². The Morgan fingerprint density at radius 2 is 1.78 bits per heavy atom. The molecule has 1 aromatic carbocycles. The SMILES string of the molecule is CCc1ccc(OCCN2CCCC2)cc1CC. The summed E-state index contributed by atoms with van der Waals surface area (Å²) in [5.74, 6) is 1.03. The lowest BCUT2D eigenvalue weighted by molar-refractivity contribution is 0.237. The molecule has 1 fully saturated rings. The highest BCUT2D eigenvalue weighted by Gasteiger charge is 2.10. The van der Waals surface area contributed by atoms with Crippen LogP contribution >= 0.6 is 0 Å². The minimum Gasteiger partial charge on any atom is -0.492 e. The monoisotopic (exact) mass is 247 g/mol. The van der Waals surface area contributed by atoms with Crippen molar-refractivity contribution in [1.82, 2.24) is 4.90 Å². The Bertz CT molecular complexity index is 369. The Morgan fingerprint density at radius 3 is 2.44 bits per heavy atom. The van der Waals surface area contributed by atoms with Gasteiger partial charge in [-0.25, -0.2) is 0 Å². The fourth-order valence-corrected chi connectivity index (χ4v) is 2.66. The number of hydrogen-bond acceptors (Lipinski definition) is 2. The summed E-state index contributed by atoms with van der Waals surface area (Å²) in [6.07, 6.45) is 4.90. The third-order valence-corrected chi connectivity index (χ3v) is 3.81. The van der Waals surface area contributed by atoms with Gasteiger partial charge >= 0.3 is 0 Å². The van der Waals surface area contributed by atoms with E-state index in [-0.39, 0.29) is 0 Å². The molecule has 0 amide bonds. The van der Waals surface area contributed by atoms with Gasteiger partial charge in [-0.2, -0.15) is 0 Å². The molecule has 0 aromatic heterocycles. The third kappa shape index (κ3) is 3.49. The van der Waals surface area contributed by atoms with Crippen LogP contribution in [0.5, 0.6) is 5.75 Å². The molecule has 2 rings (SSSR count). The molecule has 0 atom stereocenters. The van der Waals surface area contributed by atoms with Gasteiger partial charge in [-0.15, -0.1) is 0 Å². The zero-order chi connectivity index (χ0) is 12.8. The average molecular weight is 247 g/mol. The average Bonchev–Trinajstić information content (AvgIpc) is 2.91. The molecule has 0 unspecified atom stereocenters. The Balaban J connectivity index is 1.84. The van der Waals surface area contributed by atoms with Gasteiger partial charge in [0.25, 0.3) is 0 Å². The first kappa shape index (κ1) is 13.4. The van der Waals surface area contributed by atoms with E-state index < -0.39 is 0 Å². The first-order valence-corrected chi connectivity index (χ1v) is 7.30. The molecule has 0 spiro atoms. The van der Waals surface area contributed by atoms with Crippen LogP contribution in [0.1, 0.15) is 37.8 Å². The molecular weight excluding hydrogens is 222 g/mol. The Labute approximate surface area is 111 Å². The molecule has 1 saturated heterocycles. The first-order chi connectivity index (χ1) is 8.83. The van der Waals surface area contributed by atoms with E-state index in [9.17, 15) is 0 Å². The van der Waals surface area contributed by atoms with Crippen LogP contribution in [0.2, 0.25) is 0 Å². The van der Waals surface area contributed by atoms with Crippen LogP contribution in [0.4, 0.5) is 0 Å². The molecule has 2 nitrogen and oxygen atoms in total. The molecule has 1 aromatic rings. The van der Waals surface area contributed by atoms with E-state index in [1.54, 1.807) is 0 Å². The second-order valence-electron chi connectivity index (χ2n) is 5.03. The van der Waals surface area contributed by atoms with Gasteiger partial charge in [0.2, 0.25) is 0 Å². The zero-order valence-corrected chi connectivity index (χ0v) is 11.7. The molecule has 0 N–H and O–H groups in total. The number of aryl methyl sites for hydroxylation is 2. The fraction of sp³-hybridized carbons (Fsp3) is 0.625. The Hall–Kier alpha value is -1.02. The molecule has 0 bridgehead atoms. The highest BCUT2D eigenvalue weighted by Crippen LogP contribution is 2.19. The minimum absolute atomic E-state index is 0.814. The molecule has 0 aliphatic carbocycles. The lowest BCUT2D eigenvalue weighted by atomic mass is 10.0. The van der Waals surface area contributed by atoms with Crippen molar-refractivity contribution in [2.24, 2.45) is 0 Å². The van der Waals surface area contributed by atoms with Gasteiger partial charge < -0.3 is 4.74 Å². The molecule has 0 saturated carbocycles. The smallest absolute Gasteiger partial charge is 0.119 e. The summed E-state index contributed by atoms with van der Waals surface area (Å²) in [7, 11) is 0. The number of benzene rings is 1. The van der Waals surface area contributed by atoms with Gasteiger partial charge in [-0.05, 0) is 62.0 Å². The van der Waals surface area contributed by atoms with E-state index in [0.717, 1.165) is 31.7 Å². The summed E-state index contributed by atoms with van der Waals surface area (Å²) in [6, 6.07) is 6.54. The number of nitrogens with zero attached hydrogens (tertiary/aromatic N) is 1. The van der Waals surface area contributed by atoms with Gasteiger partial charge in [0, 0.05) is 6.54 Å². The molecule has 2 heteroatoms. The molecular formula is C16H25NO. The second-order valence-corrected chi connectivity index (χ2v) is 5.03. The van der Waals surface area contributed by atoms with Crippen molar-refractivity contribution < 1.29 is 4.74 Å². The van der Waals surface area contributed by atoms with E-state index in [4.69, 9.17) is 4.74 Å². The van der Waals surface area contributed by atoms with E-state index in [1.165, 1.54) is 37.1 Å². The van der Waals surface area contributed by atoms with Crippen molar-refractivity contribution in [3.05, 3.63) is 29.3 Å². The Morgan fingerprint density at radius 1 is 1.06 bits per heavy atom. The van der Waals surface area contributed by atoms with Gasteiger partial charge in [-0.1, -0.05) is 19.9 Å². The fourth-order valence-electron chi connectivity index (χ4n) is 2.66. The number of likely N-dealkylation sites (tertiary alicyclic amines) is 1. The van der Waals surface area contributed by atoms with Gasteiger partial charge in [0.05, 0.1) is 0 Å². The van der Waals surface area contributed by atoms with Crippen LogP contribution in [0.15, 0.2) is 18.2 Å². The van der Waals surface area contributed by atoms with Crippen molar-refractivity contribution in [3.63, 3.8) is 0 Å². The molecule has 18 heavy (non-hydrogen) atoms. The predicted molar refractivity (Wildman–Crippen MR) is 76.4 cm³/mol. The third-order valence-electron chi connectivity index (χ3n) is 3.81. The van der Waals surface area contributed by atoms with Crippen LogP contribution in [0.3, 0.4) is 0 Å². The van der Waals surface area contributed by atoms with Crippen LogP contribution in [-0.4, -0.2) is 31.1 Å². The largest absolute Gasteiger partial charge is 0.492 e. The van der Waals surface area contributed by atoms with E-state index in [1.807, 2.05) is 0 Å². The maximum absolute atomic E-state index is 5.87. The summed E-state index contributed by atoms with van der Waals surface area (Å²) in [5.41, 5.74) is 2.88. The maximum atomic E-state index is 5.87. The molecule has 0 radical (unpaired) electrons. The second kappa shape index (κ2) is 6.79. The van der Waals surface area contributed by atoms with Gasteiger partial charge in [-0.3, -0.25) is 4.90 Å². The van der Waals surface area contributed by atoms with E-state index >= 15 is 0 Å². The normalized spacial score (nSPS) is 16.1. The summed E-state index contributed by atoms with van der Waals surface area (Å²) in [4.78, 5) is 2.49. The van der Waals surface area contributed by atoms with Crippen molar-refractivity contribution in [3.8, 4) is 5.75 Å². The van der Waals surface area contributed by atoms with Gasteiger partial charge in [0.1, 0.15) is 12.4 Å². The number of hydrogen-bond donors (Lipinski definition) is 0. The highest BCUT2D eigenvalue weighted by atomic mass is 16.5. The number of rotatable bonds is 6. The van der Waals surface area contributed by atoms with Crippen LogP contribution in [0, 0.1) is 0 Å². The molecule has 1 heterocycles. The lowest BCUT2D eigenvalue weighted by Crippen LogP contribution is -2.25. The summed E-state index contributed by atoms with van der Waals surface area (Å²) < 4.78 is 5.87. The Kier molecular flexibility index (Phi) is 5.06. The standard InChI is InChI=1S/C16H25NO/c1-3-14-7-8-16(13-15(14)4-2)18-12-11-17-9-5-6-10-17/h7-8,13H,3-6,9-12H2,1-2H3. The molecule has 100 valence electrons. The quantitative estimate of drug-likeness (QED) is 0.765. The minimum atomic E-state index is 0.814. The van der Waals surface area contributed by atoms with Crippen LogP contribution in [0.25, 0.3) is 0 Å². The maximum Gasteiger partial charge on any atom is 0.119 e. The first-order valence-electron chi connectivity index (χ1n) is 7.30. The van der Waals surface area contributed by atoms with Gasteiger partial charge in [0.15, 0.2) is 0 Å². The molecule has 1 aliphatic rings. The van der Waals surface area contributed by atoms with Crippen LogP contribution < -0.4 is 4.74 Å². The van der Waals surface area contributed by atoms with E-state index in [0.29, 0.717) is 0 Å². The summed E-state index contributed by atoms with van der Waals surface area (Å²) in [6.45, 7) is 8.80. The number of ether oxygens (including phenoxy) is 1. The predicted octanol–water partition coefficient (Wildman–Crippen LogP) is 3.29. The van der Waals surface area contributed by atoms with Crippen molar-refractivity contribution in [2.45, 2.75) is 39.5 Å². The summed E-state index contributed by atoms with van der Waals surface area (Å²) in [5, 5.41) is 0. The van der Waals surface area contributed by atoms with Crippen molar-refractivity contribution in [1.29, 1.82) is 0 Å². The zero-order valence-electron chi connectivity index (χ0n) is 11.7. The molecule has 1 aliphatic heterocycles. The topological polar surface area (TPSA) is 12.5 Å².